The van der Waals surface area contributed by atoms with E-state index in [9.17, 15) is 4.79 Å². The summed E-state index contributed by atoms with van der Waals surface area (Å²) in [6.45, 7) is 5.31. The molecule has 0 atom stereocenters. The Bertz CT molecular complexity index is 427. The highest BCUT2D eigenvalue weighted by Crippen LogP contribution is 2.07. The topological polar surface area (TPSA) is 68.7 Å². The molecule has 6 nitrogen and oxygen atoms in total. The monoisotopic (exact) mass is 278 g/mol. The number of aliphatic hydroxyl groups is 1. The van der Waals surface area contributed by atoms with Gasteiger partial charge in [-0.05, 0) is 19.2 Å². The van der Waals surface area contributed by atoms with Crippen molar-refractivity contribution in [3.63, 3.8) is 0 Å². The molecule has 2 rings (SSSR count). The molecular formula is C14H22N4O2. The summed E-state index contributed by atoms with van der Waals surface area (Å²) in [6, 6.07) is 3.68. The molecule has 2 heterocycles. The second-order valence-corrected chi connectivity index (χ2v) is 5.10. The van der Waals surface area contributed by atoms with Crippen LogP contribution >= 0.6 is 0 Å². The van der Waals surface area contributed by atoms with E-state index in [1.54, 1.807) is 12.3 Å². The van der Waals surface area contributed by atoms with E-state index >= 15 is 0 Å². The zero-order valence-electron chi connectivity index (χ0n) is 11.9. The van der Waals surface area contributed by atoms with Gasteiger partial charge < -0.3 is 15.3 Å². The highest BCUT2D eigenvalue weighted by atomic mass is 16.3. The Morgan fingerprint density at radius 2 is 2.10 bits per heavy atom. The summed E-state index contributed by atoms with van der Waals surface area (Å²) in [4.78, 5) is 20.7. The molecule has 1 amide bonds. The van der Waals surface area contributed by atoms with Crippen molar-refractivity contribution >= 4 is 5.91 Å². The van der Waals surface area contributed by atoms with E-state index in [1.165, 1.54) is 0 Å². The Kier molecular flexibility index (Phi) is 5.46. The third-order valence-electron chi connectivity index (χ3n) is 3.47. The number of hydrogen-bond donors (Lipinski definition) is 2. The number of amides is 1. The van der Waals surface area contributed by atoms with Crippen molar-refractivity contribution in [2.75, 3.05) is 46.4 Å². The second kappa shape index (κ2) is 7.33. The molecule has 0 unspecified atom stereocenters. The van der Waals surface area contributed by atoms with Gasteiger partial charge in [-0.1, -0.05) is 0 Å². The lowest BCUT2D eigenvalue weighted by molar-refractivity contribution is 0.0944. The maximum Gasteiger partial charge on any atom is 0.252 e. The highest BCUT2D eigenvalue weighted by Gasteiger charge is 2.14. The maximum absolute atomic E-state index is 11.7. The fourth-order valence-electron chi connectivity index (χ4n) is 2.16. The van der Waals surface area contributed by atoms with Crippen molar-refractivity contribution in [1.82, 2.24) is 20.1 Å². The number of likely N-dealkylation sites (N-methyl/N-ethyl adjacent to an activating group) is 1. The van der Waals surface area contributed by atoms with Gasteiger partial charge in [-0.3, -0.25) is 14.7 Å². The van der Waals surface area contributed by atoms with Gasteiger partial charge in [0.05, 0.1) is 17.9 Å². The van der Waals surface area contributed by atoms with Gasteiger partial charge in [-0.2, -0.15) is 0 Å². The minimum Gasteiger partial charge on any atom is -0.395 e. The summed E-state index contributed by atoms with van der Waals surface area (Å²) in [5, 5.41) is 11.3. The molecule has 1 saturated heterocycles. The van der Waals surface area contributed by atoms with Crippen molar-refractivity contribution in [2.45, 2.75) is 6.54 Å². The van der Waals surface area contributed by atoms with Crippen LogP contribution in [0.2, 0.25) is 0 Å². The number of carbonyl (C=O) groups excluding carboxylic acids is 1. The molecule has 2 N–H and O–H groups in total. The van der Waals surface area contributed by atoms with E-state index in [1.807, 2.05) is 6.07 Å². The van der Waals surface area contributed by atoms with Crippen molar-refractivity contribution in [3.8, 4) is 0 Å². The minimum atomic E-state index is -0.197. The van der Waals surface area contributed by atoms with Crippen LogP contribution < -0.4 is 5.32 Å². The van der Waals surface area contributed by atoms with E-state index in [-0.39, 0.29) is 19.1 Å². The molecule has 1 fully saturated rings. The molecule has 0 bridgehead atoms. The number of pyridine rings is 1. The van der Waals surface area contributed by atoms with Gasteiger partial charge in [0, 0.05) is 45.5 Å². The lowest BCUT2D eigenvalue weighted by Gasteiger charge is -2.32. The van der Waals surface area contributed by atoms with Crippen LogP contribution in [0.1, 0.15) is 16.1 Å². The fourth-order valence-corrected chi connectivity index (χ4v) is 2.16. The number of carbonyl (C=O) groups is 1. The quantitative estimate of drug-likeness (QED) is 0.763. The Morgan fingerprint density at radius 3 is 2.70 bits per heavy atom. The van der Waals surface area contributed by atoms with Crippen LogP contribution in [-0.2, 0) is 6.54 Å². The zero-order valence-corrected chi connectivity index (χ0v) is 11.9. The van der Waals surface area contributed by atoms with E-state index in [2.05, 4.69) is 27.1 Å². The molecular weight excluding hydrogens is 256 g/mol. The first-order chi connectivity index (χ1) is 9.69. The molecule has 1 aliphatic rings. The molecule has 1 aliphatic heterocycles. The lowest BCUT2D eigenvalue weighted by Crippen LogP contribution is -2.44. The minimum absolute atomic E-state index is 0.0549. The summed E-state index contributed by atoms with van der Waals surface area (Å²) >= 11 is 0. The van der Waals surface area contributed by atoms with Gasteiger partial charge in [-0.15, -0.1) is 0 Å². The summed E-state index contributed by atoms with van der Waals surface area (Å²) < 4.78 is 0. The second-order valence-electron chi connectivity index (χ2n) is 5.10. The normalized spacial score (nSPS) is 17.1. The van der Waals surface area contributed by atoms with Crippen molar-refractivity contribution in [2.24, 2.45) is 0 Å². The first-order valence-electron chi connectivity index (χ1n) is 6.94. The van der Waals surface area contributed by atoms with Gasteiger partial charge in [0.2, 0.25) is 0 Å². The molecule has 6 heteroatoms. The number of hydrogen-bond acceptors (Lipinski definition) is 5. The van der Waals surface area contributed by atoms with Gasteiger partial charge >= 0.3 is 0 Å². The van der Waals surface area contributed by atoms with Gasteiger partial charge in [-0.25, -0.2) is 0 Å². The average Bonchev–Trinajstić information content (AvgIpc) is 2.48. The fraction of sp³-hybridized carbons (Fsp3) is 0.571. The summed E-state index contributed by atoms with van der Waals surface area (Å²) in [7, 11) is 2.13. The Balaban J connectivity index is 1.86. The highest BCUT2D eigenvalue weighted by molar-refractivity contribution is 5.93. The number of nitrogens with one attached hydrogen (secondary N) is 1. The van der Waals surface area contributed by atoms with E-state index < -0.39 is 0 Å². The van der Waals surface area contributed by atoms with Gasteiger partial charge in [0.25, 0.3) is 5.91 Å². The third-order valence-corrected chi connectivity index (χ3v) is 3.47. The predicted octanol–water partition coefficient (Wildman–Crippen LogP) is -0.449. The molecule has 20 heavy (non-hydrogen) atoms. The number of piperazine rings is 1. The largest absolute Gasteiger partial charge is 0.395 e. The van der Waals surface area contributed by atoms with Crippen LogP contribution in [0.15, 0.2) is 18.3 Å². The van der Waals surface area contributed by atoms with Crippen molar-refractivity contribution in [1.29, 1.82) is 0 Å². The van der Waals surface area contributed by atoms with Gasteiger partial charge in [0.15, 0.2) is 0 Å². The Morgan fingerprint density at radius 1 is 1.35 bits per heavy atom. The standard InChI is InChI=1S/C14H22N4O2/c1-17-5-7-18(8-6-17)11-13-3-2-12(10-16-13)14(20)15-4-9-19/h2-3,10,19H,4-9,11H2,1H3,(H,15,20). The smallest absolute Gasteiger partial charge is 0.252 e. The molecule has 0 radical (unpaired) electrons. The molecule has 1 aromatic rings. The van der Waals surface area contributed by atoms with Gasteiger partial charge in [0.1, 0.15) is 0 Å². The zero-order chi connectivity index (χ0) is 14.4. The summed E-state index contributed by atoms with van der Waals surface area (Å²) in [6.07, 6.45) is 1.60. The van der Waals surface area contributed by atoms with Crippen molar-refractivity contribution in [3.05, 3.63) is 29.6 Å². The number of aliphatic hydroxyl groups excluding tert-OH is 1. The Labute approximate surface area is 119 Å². The van der Waals surface area contributed by atoms with Crippen LogP contribution in [0.4, 0.5) is 0 Å². The molecule has 0 aromatic carbocycles. The van der Waals surface area contributed by atoms with E-state index in [0.717, 1.165) is 38.4 Å². The summed E-state index contributed by atoms with van der Waals surface area (Å²) in [5.41, 5.74) is 1.51. The maximum atomic E-state index is 11.7. The molecule has 0 spiro atoms. The van der Waals surface area contributed by atoms with Crippen LogP contribution in [0.3, 0.4) is 0 Å². The molecule has 0 saturated carbocycles. The molecule has 1 aromatic heterocycles. The first kappa shape index (κ1) is 14.9. The number of aromatic nitrogens is 1. The Hall–Kier alpha value is -1.50. The van der Waals surface area contributed by atoms with E-state index in [0.29, 0.717) is 5.56 Å². The van der Waals surface area contributed by atoms with Crippen LogP contribution in [0.5, 0.6) is 0 Å². The molecule has 0 aliphatic carbocycles. The number of nitrogens with zero attached hydrogens (tertiary/aromatic N) is 3. The predicted molar refractivity (Wildman–Crippen MR) is 76.4 cm³/mol. The molecule has 110 valence electrons. The lowest BCUT2D eigenvalue weighted by atomic mass is 10.2. The van der Waals surface area contributed by atoms with Crippen LogP contribution in [-0.4, -0.2) is 72.2 Å². The third kappa shape index (κ3) is 4.26. The average molecular weight is 278 g/mol. The van der Waals surface area contributed by atoms with Crippen molar-refractivity contribution < 1.29 is 9.90 Å². The van der Waals surface area contributed by atoms with Crippen LogP contribution in [0, 0.1) is 0 Å². The first-order valence-corrected chi connectivity index (χ1v) is 6.94. The SMILES string of the molecule is CN1CCN(Cc2ccc(C(=O)NCCO)cn2)CC1. The summed E-state index contributed by atoms with van der Waals surface area (Å²) in [5.74, 6) is -0.197. The van der Waals surface area contributed by atoms with Crippen LogP contribution in [0.25, 0.3) is 0 Å². The number of rotatable bonds is 5. The van der Waals surface area contributed by atoms with E-state index in [4.69, 9.17) is 5.11 Å².